The van der Waals surface area contributed by atoms with Gasteiger partial charge in [0.2, 0.25) is 5.60 Å². The second kappa shape index (κ2) is 4.08. The molecular formula is C11H17F3N2O. The van der Waals surface area contributed by atoms with Crippen LogP contribution < -0.4 is 0 Å². The Balaban J connectivity index is 3.08. The molecule has 0 fully saturated rings. The molecule has 0 aromatic rings. The molecule has 0 aromatic heterocycles. The molecular weight excluding hydrogens is 233 g/mol. The van der Waals surface area contributed by atoms with Crippen LogP contribution in [0.4, 0.5) is 13.2 Å². The molecule has 0 aliphatic carbocycles. The SMILES string of the molecule is CC[C@](O)(C1=CC(C(C)(C)C)N=N1)C(F)(F)F. The minimum atomic E-state index is -4.74. The minimum Gasteiger partial charge on any atom is -0.375 e. The Morgan fingerprint density at radius 3 is 2.12 bits per heavy atom. The number of alkyl halides is 3. The number of hydrogen-bond acceptors (Lipinski definition) is 3. The van der Waals surface area contributed by atoms with Gasteiger partial charge < -0.3 is 5.11 Å². The maximum absolute atomic E-state index is 12.8. The molecule has 1 N–H and O–H groups in total. The van der Waals surface area contributed by atoms with Gasteiger partial charge in [-0.3, -0.25) is 0 Å². The third kappa shape index (κ3) is 2.51. The van der Waals surface area contributed by atoms with Crippen molar-refractivity contribution in [3.05, 3.63) is 11.8 Å². The van der Waals surface area contributed by atoms with Gasteiger partial charge in [0, 0.05) is 0 Å². The summed E-state index contributed by atoms with van der Waals surface area (Å²) in [4.78, 5) is 0. The molecule has 0 saturated heterocycles. The first-order chi connectivity index (χ1) is 7.52. The van der Waals surface area contributed by atoms with Crippen LogP contribution in [0.25, 0.3) is 0 Å². The lowest BCUT2D eigenvalue weighted by Crippen LogP contribution is -2.45. The van der Waals surface area contributed by atoms with E-state index in [1.165, 1.54) is 13.0 Å². The van der Waals surface area contributed by atoms with Crippen molar-refractivity contribution in [2.45, 2.75) is 51.9 Å². The molecule has 0 bridgehead atoms. The summed E-state index contributed by atoms with van der Waals surface area (Å²) < 4.78 is 38.4. The summed E-state index contributed by atoms with van der Waals surface area (Å²) in [6, 6.07) is -0.432. The monoisotopic (exact) mass is 250 g/mol. The Kier molecular flexibility index (Phi) is 3.40. The molecule has 1 rings (SSSR count). The lowest BCUT2D eigenvalue weighted by atomic mass is 9.85. The van der Waals surface area contributed by atoms with Crippen LogP contribution in [0.15, 0.2) is 22.0 Å². The van der Waals surface area contributed by atoms with Crippen LogP contribution in [0.3, 0.4) is 0 Å². The number of azo groups is 1. The molecule has 98 valence electrons. The van der Waals surface area contributed by atoms with Crippen LogP contribution in [0.5, 0.6) is 0 Å². The zero-order valence-corrected chi connectivity index (χ0v) is 10.3. The van der Waals surface area contributed by atoms with Crippen LogP contribution in [0.1, 0.15) is 34.1 Å². The van der Waals surface area contributed by atoms with Crippen molar-refractivity contribution >= 4 is 0 Å². The molecule has 0 aromatic carbocycles. The van der Waals surface area contributed by atoms with Crippen molar-refractivity contribution in [2.24, 2.45) is 15.6 Å². The summed E-state index contributed by atoms with van der Waals surface area (Å²) in [6.45, 7) is 6.84. The number of rotatable bonds is 2. The van der Waals surface area contributed by atoms with Gasteiger partial charge >= 0.3 is 6.18 Å². The summed E-state index contributed by atoms with van der Waals surface area (Å²) >= 11 is 0. The van der Waals surface area contributed by atoms with Crippen LogP contribution in [-0.4, -0.2) is 22.9 Å². The highest BCUT2D eigenvalue weighted by atomic mass is 19.4. The standard InChI is InChI=1S/C11H17F3N2O/c1-5-10(17,11(12,13)14)8-6-7(15-16-8)9(2,3)4/h6-7,17H,5H2,1-4H3/t7?,10-/m0/s1. The molecule has 0 amide bonds. The molecule has 1 heterocycles. The highest BCUT2D eigenvalue weighted by Gasteiger charge is 2.56. The highest BCUT2D eigenvalue weighted by molar-refractivity contribution is 5.24. The second-order valence-corrected chi connectivity index (χ2v) is 5.29. The molecule has 1 aliphatic rings. The molecule has 1 aliphatic heterocycles. The van der Waals surface area contributed by atoms with E-state index < -0.39 is 29.9 Å². The van der Waals surface area contributed by atoms with Gasteiger partial charge in [-0.2, -0.15) is 23.4 Å². The number of nitrogens with zero attached hydrogens (tertiary/aromatic N) is 2. The molecule has 0 saturated carbocycles. The van der Waals surface area contributed by atoms with Gasteiger partial charge in [0.1, 0.15) is 5.70 Å². The average Bonchev–Trinajstić information content (AvgIpc) is 2.62. The fraction of sp³-hybridized carbons (Fsp3) is 0.818. The van der Waals surface area contributed by atoms with Gasteiger partial charge in [-0.25, -0.2) is 0 Å². The Bertz CT molecular complexity index is 355. The normalized spacial score (nSPS) is 24.7. The lowest BCUT2D eigenvalue weighted by molar-refractivity contribution is -0.245. The number of aliphatic hydroxyl groups is 1. The molecule has 6 heteroatoms. The van der Waals surface area contributed by atoms with Crippen LogP contribution in [-0.2, 0) is 0 Å². The van der Waals surface area contributed by atoms with E-state index in [4.69, 9.17) is 0 Å². The molecule has 3 nitrogen and oxygen atoms in total. The van der Waals surface area contributed by atoms with Gasteiger partial charge in [0.25, 0.3) is 0 Å². The fourth-order valence-electron chi connectivity index (χ4n) is 1.51. The first-order valence-corrected chi connectivity index (χ1v) is 5.44. The smallest absolute Gasteiger partial charge is 0.375 e. The molecule has 0 spiro atoms. The second-order valence-electron chi connectivity index (χ2n) is 5.29. The van der Waals surface area contributed by atoms with E-state index in [-0.39, 0.29) is 5.41 Å². The molecule has 2 atom stereocenters. The Morgan fingerprint density at radius 1 is 1.29 bits per heavy atom. The van der Waals surface area contributed by atoms with Crippen molar-refractivity contribution < 1.29 is 18.3 Å². The minimum absolute atomic E-state index is 0.314. The first-order valence-electron chi connectivity index (χ1n) is 5.44. The third-order valence-corrected chi connectivity index (χ3v) is 2.90. The van der Waals surface area contributed by atoms with Crippen LogP contribution in [0.2, 0.25) is 0 Å². The van der Waals surface area contributed by atoms with Gasteiger partial charge in [-0.1, -0.05) is 27.7 Å². The Hall–Kier alpha value is -0.910. The van der Waals surface area contributed by atoms with Crippen LogP contribution >= 0.6 is 0 Å². The van der Waals surface area contributed by atoms with Gasteiger partial charge in [0.05, 0.1) is 6.04 Å². The summed E-state index contributed by atoms with van der Waals surface area (Å²) in [5.41, 5.74) is -3.60. The third-order valence-electron chi connectivity index (χ3n) is 2.90. The average molecular weight is 250 g/mol. The van der Waals surface area contributed by atoms with Crippen molar-refractivity contribution in [3.63, 3.8) is 0 Å². The lowest BCUT2D eigenvalue weighted by Gasteiger charge is -2.28. The van der Waals surface area contributed by atoms with Crippen LogP contribution in [0, 0.1) is 5.41 Å². The van der Waals surface area contributed by atoms with E-state index in [1.54, 1.807) is 0 Å². The topological polar surface area (TPSA) is 45.0 Å². The predicted octanol–water partition coefficient (Wildman–Crippen LogP) is 3.45. The highest BCUT2D eigenvalue weighted by Crippen LogP contribution is 2.42. The quantitative estimate of drug-likeness (QED) is 0.801. The fourth-order valence-corrected chi connectivity index (χ4v) is 1.51. The maximum Gasteiger partial charge on any atom is 0.423 e. The van der Waals surface area contributed by atoms with Crippen molar-refractivity contribution in [3.8, 4) is 0 Å². The zero-order chi connectivity index (χ0) is 13.5. The number of halogens is 3. The molecule has 17 heavy (non-hydrogen) atoms. The summed E-state index contributed by atoms with van der Waals surface area (Å²) in [7, 11) is 0. The van der Waals surface area contributed by atoms with Crippen molar-refractivity contribution in [1.82, 2.24) is 0 Å². The summed E-state index contributed by atoms with van der Waals surface area (Å²) in [6.07, 6.45) is -3.91. The zero-order valence-electron chi connectivity index (χ0n) is 10.3. The molecule has 0 radical (unpaired) electrons. The Morgan fingerprint density at radius 2 is 1.82 bits per heavy atom. The summed E-state index contributed by atoms with van der Waals surface area (Å²) in [5, 5.41) is 17.0. The maximum atomic E-state index is 12.8. The van der Waals surface area contributed by atoms with Crippen molar-refractivity contribution in [1.29, 1.82) is 0 Å². The van der Waals surface area contributed by atoms with Crippen molar-refractivity contribution in [2.75, 3.05) is 0 Å². The Labute approximate surface area is 98.4 Å². The van der Waals surface area contributed by atoms with E-state index in [2.05, 4.69) is 10.2 Å². The van der Waals surface area contributed by atoms with Gasteiger partial charge in [-0.15, -0.1) is 0 Å². The van der Waals surface area contributed by atoms with Gasteiger partial charge in [0.15, 0.2) is 0 Å². The van der Waals surface area contributed by atoms with E-state index in [1.807, 2.05) is 20.8 Å². The predicted molar refractivity (Wildman–Crippen MR) is 57.5 cm³/mol. The molecule has 1 unspecified atom stereocenters. The summed E-state index contributed by atoms with van der Waals surface area (Å²) in [5.74, 6) is 0. The van der Waals surface area contributed by atoms with E-state index in [9.17, 15) is 18.3 Å². The van der Waals surface area contributed by atoms with E-state index >= 15 is 0 Å². The van der Waals surface area contributed by atoms with Gasteiger partial charge in [-0.05, 0) is 17.9 Å². The first kappa shape index (κ1) is 14.2. The number of hydrogen-bond donors (Lipinski definition) is 1. The van der Waals surface area contributed by atoms with E-state index in [0.717, 1.165) is 0 Å². The largest absolute Gasteiger partial charge is 0.423 e. The van der Waals surface area contributed by atoms with E-state index in [0.29, 0.717) is 0 Å².